The molecule has 0 aliphatic heterocycles. The van der Waals surface area contributed by atoms with E-state index in [9.17, 15) is 4.39 Å². The molecule has 6 heteroatoms. The molecular weight excluding hydrogens is 315 g/mol. The Kier molecular flexibility index (Phi) is 2.87. The Morgan fingerprint density at radius 3 is 2.63 bits per heavy atom. The number of anilines is 1. The molecule has 0 aliphatic carbocycles. The van der Waals surface area contributed by atoms with Gasteiger partial charge in [-0.05, 0) is 28.1 Å². The molecule has 2 aromatic heterocycles. The summed E-state index contributed by atoms with van der Waals surface area (Å²) in [5.41, 5.74) is 7.16. The first-order chi connectivity index (χ1) is 9.18. The van der Waals surface area contributed by atoms with Crippen molar-refractivity contribution in [2.24, 2.45) is 0 Å². The lowest BCUT2D eigenvalue weighted by Gasteiger charge is -2.02. The second-order valence-electron chi connectivity index (χ2n) is 3.86. The number of hydrogen-bond donors (Lipinski definition) is 1. The number of nitrogens with two attached hydrogens (primary N) is 1. The minimum Gasteiger partial charge on any atom is -0.457 e. The van der Waals surface area contributed by atoms with Crippen molar-refractivity contribution in [1.29, 1.82) is 0 Å². The van der Waals surface area contributed by atoms with Gasteiger partial charge in [0.25, 0.3) is 0 Å². The summed E-state index contributed by atoms with van der Waals surface area (Å²) in [7, 11) is 0. The number of hydrogen-bond acceptors (Lipinski definition) is 4. The van der Waals surface area contributed by atoms with E-state index in [1.165, 1.54) is 12.3 Å². The van der Waals surface area contributed by atoms with E-state index in [-0.39, 0.29) is 5.82 Å². The van der Waals surface area contributed by atoms with Crippen LogP contribution in [0.5, 0.6) is 0 Å². The second kappa shape index (κ2) is 4.55. The van der Waals surface area contributed by atoms with Crippen molar-refractivity contribution in [3.8, 4) is 22.5 Å². The van der Waals surface area contributed by atoms with Gasteiger partial charge in [0.1, 0.15) is 5.82 Å². The lowest BCUT2D eigenvalue weighted by molar-refractivity contribution is 0.434. The molecule has 0 unspecified atom stereocenters. The van der Waals surface area contributed by atoms with Gasteiger partial charge < -0.3 is 14.7 Å². The largest absolute Gasteiger partial charge is 0.457 e. The Labute approximate surface area is 116 Å². The van der Waals surface area contributed by atoms with Crippen LogP contribution < -0.4 is 5.73 Å². The highest BCUT2D eigenvalue weighted by molar-refractivity contribution is 9.10. The topological polar surface area (TPSA) is 65.2 Å². The zero-order valence-corrected chi connectivity index (χ0v) is 11.1. The number of halogens is 2. The van der Waals surface area contributed by atoms with Crippen LogP contribution >= 0.6 is 15.9 Å². The number of benzene rings is 1. The molecule has 1 aromatic carbocycles. The Morgan fingerprint density at radius 2 is 1.95 bits per heavy atom. The lowest BCUT2D eigenvalue weighted by atomic mass is 10.0. The monoisotopic (exact) mass is 322 g/mol. The normalized spacial score (nSPS) is 10.8. The molecule has 0 bridgehead atoms. The van der Waals surface area contributed by atoms with E-state index < -0.39 is 5.82 Å². The number of nitrogen functional groups attached to an aromatic ring is 1. The second-order valence-corrected chi connectivity index (χ2v) is 4.58. The van der Waals surface area contributed by atoms with Gasteiger partial charge in [-0.2, -0.15) is 0 Å². The van der Waals surface area contributed by atoms with Gasteiger partial charge >= 0.3 is 0 Å². The number of aromatic nitrogens is 1. The molecule has 96 valence electrons. The molecule has 0 radical (unpaired) electrons. The van der Waals surface area contributed by atoms with E-state index in [1.807, 2.05) is 0 Å². The fourth-order valence-electron chi connectivity index (χ4n) is 1.87. The van der Waals surface area contributed by atoms with E-state index >= 15 is 0 Å². The van der Waals surface area contributed by atoms with Gasteiger partial charge in [-0.15, -0.1) is 0 Å². The predicted molar refractivity (Wildman–Crippen MR) is 71.7 cm³/mol. The van der Waals surface area contributed by atoms with Gasteiger partial charge in [0, 0.05) is 5.56 Å². The van der Waals surface area contributed by atoms with Crippen molar-refractivity contribution in [3.05, 3.63) is 47.1 Å². The van der Waals surface area contributed by atoms with Crippen LogP contribution in [0.2, 0.25) is 0 Å². The third-order valence-electron chi connectivity index (χ3n) is 2.72. The predicted octanol–water partition coefficient (Wildman–Crippen LogP) is 4.09. The van der Waals surface area contributed by atoms with Crippen molar-refractivity contribution in [1.82, 2.24) is 5.16 Å². The average molecular weight is 323 g/mol. The maximum absolute atomic E-state index is 13.9. The Hall–Kier alpha value is -2.08. The number of nitrogens with zero attached hydrogens (tertiary/aromatic N) is 1. The van der Waals surface area contributed by atoms with Crippen LogP contribution in [-0.4, -0.2) is 5.16 Å². The smallest absolute Gasteiger partial charge is 0.181 e. The van der Waals surface area contributed by atoms with Gasteiger partial charge in [-0.3, -0.25) is 0 Å². The van der Waals surface area contributed by atoms with Crippen LogP contribution in [0.25, 0.3) is 22.5 Å². The van der Waals surface area contributed by atoms with Crippen LogP contribution in [0.4, 0.5) is 10.2 Å². The molecular formula is C13H8BrFN2O2. The summed E-state index contributed by atoms with van der Waals surface area (Å²) in [5, 5.41) is 3.70. The van der Waals surface area contributed by atoms with Gasteiger partial charge in [0.15, 0.2) is 16.2 Å². The van der Waals surface area contributed by atoms with Crippen molar-refractivity contribution in [3.63, 3.8) is 0 Å². The minimum atomic E-state index is -0.390. The molecule has 2 N–H and O–H groups in total. The van der Waals surface area contributed by atoms with Crippen molar-refractivity contribution < 1.29 is 13.3 Å². The molecule has 0 aliphatic rings. The zero-order valence-electron chi connectivity index (χ0n) is 9.56. The van der Waals surface area contributed by atoms with E-state index in [1.54, 1.807) is 24.3 Å². The fraction of sp³-hybridized carbons (Fsp3) is 0. The van der Waals surface area contributed by atoms with Gasteiger partial charge in [0.2, 0.25) is 0 Å². The van der Waals surface area contributed by atoms with Gasteiger partial charge in [-0.25, -0.2) is 4.39 Å². The van der Waals surface area contributed by atoms with Crippen LogP contribution in [0.3, 0.4) is 0 Å². The van der Waals surface area contributed by atoms with Crippen LogP contribution in [0.1, 0.15) is 0 Å². The van der Waals surface area contributed by atoms with E-state index in [0.717, 1.165) is 0 Å². The first kappa shape index (κ1) is 12.0. The van der Waals surface area contributed by atoms with E-state index in [4.69, 9.17) is 14.7 Å². The van der Waals surface area contributed by atoms with E-state index in [2.05, 4.69) is 21.1 Å². The molecule has 0 spiro atoms. The zero-order chi connectivity index (χ0) is 13.4. The molecule has 0 atom stereocenters. The molecule has 0 amide bonds. The summed E-state index contributed by atoms with van der Waals surface area (Å²) in [6, 6.07) is 8.00. The number of furan rings is 1. The first-order valence-corrected chi connectivity index (χ1v) is 6.21. The van der Waals surface area contributed by atoms with Gasteiger partial charge in [-0.1, -0.05) is 23.4 Å². The SMILES string of the molecule is Nc1noc(-c2ccoc2Br)c1-c1ccccc1F. The maximum atomic E-state index is 13.9. The maximum Gasteiger partial charge on any atom is 0.181 e. The summed E-state index contributed by atoms with van der Waals surface area (Å²) >= 11 is 3.25. The highest BCUT2D eigenvalue weighted by Crippen LogP contribution is 2.40. The van der Waals surface area contributed by atoms with Crippen molar-refractivity contribution >= 4 is 21.7 Å². The third-order valence-corrected chi connectivity index (χ3v) is 3.34. The Balaban J connectivity index is 2.26. The highest BCUT2D eigenvalue weighted by atomic mass is 79.9. The molecule has 2 heterocycles. The van der Waals surface area contributed by atoms with Crippen molar-refractivity contribution in [2.45, 2.75) is 0 Å². The summed E-state index contributed by atoms with van der Waals surface area (Å²) in [4.78, 5) is 0. The third kappa shape index (κ3) is 1.94. The van der Waals surface area contributed by atoms with Gasteiger partial charge in [0.05, 0.1) is 17.4 Å². The summed E-state index contributed by atoms with van der Waals surface area (Å²) < 4.78 is 24.7. The summed E-state index contributed by atoms with van der Waals surface area (Å²) in [6.07, 6.45) is 1.49. The summed E-state index contributed by atoms with van der Waals surface area (Å²) in [5.74, 6) is 0.106. The number of rotatable bonds is 2. The Bertz CT molecular complexity index is 736. The van der Waals surface area contributed by atoms with Crippen LogP contribution in [-0.2, 0) is 0 Å². The fourth-order valence-corrected chi connectivity index (χ4v) is 2.29. The van der Waals surface area contributed by atoms with E-state index in [0.29, 0.717) is 27.1 Å². The molecule has 3 rings (SSSR count). The molecule has 0 saturated heterocycles. The summed E-state index contributed by atoms with van der Waals surface area (Å²) in [6.45, 7) is 0. The molecule has 3 aromatic rings. The standard InChI is InChI=1S/C13H8BrFN2O2/c14-12-8(5-6-18-12)11-10(13(16)17-19-11)7-3-1-2-4-9(7)15/h1-6H,(H2,16,17). The molecule has 19 heavy (non-hydrogen) atoms. The highest BCUT2D eigenvalue weighted by Gasteiger charge is 2.22. The minimum absolute atomic E-state index is 0.133. The molecule has 0 fully saturated rings. The van der Waals surface area contributed by atoms with Crippen LogP contribution in [0, 0.1) is 5.82 Å². The lowest BCUT2D eigenvalue weighted by Crippen LogP contribution is -1.91. The average Bonchev–Trinajstić information content (AvgIpc) is 2.96. The Morgan fingerprint density at radius 1 is 1.16 bits per heavy atom. The first-order valence-electron chi connectivity index (χ1n) is 5.42. The molecule has 4 nitrogen and oxygen atoms in total. The molecule has 0 saturated carbocycles. The quantitative estimate of drug-likeness (QED) is 0.771. The van der Waals surface area contributed by atoms with Crippen LogP contribution in [0.15, 0.2) is 50.2 Å². The van der Waals surface area contributed by atoms with Crippen molar-refractivity contribution in [2.75, 3.05) is 5.73 Å².